The normalized spacial score (nSPS) is 11.5. The summed E-state index contributed by atoms with van der Waals surface area (Å²) in [5.41, 5.74) is 1.70. The molecule has 26 heavy (non-hydrogen) atoms. The molecule has 0 saturated heterocycles. The van der Waals surface area contributed by atoms with E-state index in [2.05, 4.69) is 10.3 Å². The maximum absolute atomic E-state index is 12.1. The molecule has 0 aliphatic heterocycles. The first-order chi connectivity index (χ1) is 12.3. The summed E-state index contributed by atoms with van der Waals surface area (Å²) in [6, 6.07) is 12.3. The Kier molecular flexibility index (Phi) is 5.24. The number of rotatable bonds is 6. The number of thiazole rings is 1. The molecule has 2 aromatic carbocycles. The molecule has 0 radical (unpaired) electrons. The molecule has 1 N–H and O–H groups in total. The van der Waals surface area contributed by atoms with Crippen molar-refractivity contribution in [2.45, 2.75) is 17.7 Å². The van der Waals surface area contributed by atoms with E-state index in [1.54, 1.807) is 19.2 Å². The van der Waals surface area contributed by atoms with Gasteiger partial charge in [0.2, 0.25) is 5.91 Å². The molecule has 0 aliphatic carbocycles. The number of ether oxygens (including phenoxy) is 1. The Balaban J connectivity index is 1.65. The maximum atomic E-state index is 12.1. The highest BCUT2D eigenvalue weighted by Gasteiger charge is 2.12. The number of hydrogen-bond donors (Lipinski definition) is 1. The second-order valence-electron chi connectivity index (χ2n) is 5.82. The molecule has 0 unspecified atom stereocenters. The first-order valence-corrected chi connectivity index (χ1v) is 10.6. The van der Waals surface area contributed by atoms with E-state index in [4.69, 9.17) is 4.74 Å². The van der Waals surface area contributed by atoms with Crippen molar-refractivity contribution in [3.63, 3.8) is 0 Å². The maximum Gasteiger partial charge on any atom is 0.226 e. The van der Waals surface area contributed by atoms with E-state index < -0.39 is 9.84 Å². The van der Waals surface area contributed by atoms with E-state index >= 15 is 0 Å². The lowest BCUT2D eigenvalue weighted by molar-refractivity contribution is -0.116. The number of anilines is 1. The van der Waals surface area contributed by atoms with Gasteiger partial charge in [-0.15, -0.1) is 0 Å². The molecule has 0 bridgehead atoms. The zero-order chi connectivity index (χ0) is 18.7. The molecule has 0 saturated carbocycles. The van der Waals surface area contributed by atoms with Gasteiger partial charge in [-0.1, -0.05) is 23.5 Å². The van der Waals surface area contributed by atoms with Crippen LogP contribution in [0.5, 0.6) is 5.75 Å². The third-order valence-electron chi connectivity index (χ3n) is 3.83. The molecule has 0 spiro atoms. The molecular formula is C18H18N2O4S2. The average Bonchev–Trinajstić information content (AvgIpc) is 3.01. The van der Waals surface area contributed by atoms with Gasteiger partial charge in [0, 0.05) is 12.7 Å². The lowest BCUT2D eigenvalue weighted by Crippen LogP contribution is -2.12. The number of hydrogen-bond acceptors (Lipinski definition) is 6. The molecule has 136 valence electrons. The lowest BCUT2D eigenvalue weighted by atomic mass is 10.1. The minimum absolute atomic E-state index is 0.136. The molecule has 3 rings (SSSR count). The summed E-state index contributed by atoms with van der Waals surface area (Å²) >= 11 is 1.26. The summed E-state index contributed by atoms with van der Waals surface area (Å²) in [5, 5.41) is 3.24. The number of methoxy groups -OCH3 is 1. The molecule has 1 heterocycles. The molecule has 8 heteroatoms. The Labute approximate surface area is 155 Å². The topological polar surface area (TPSA) is 85.4 Å². The number of aromatic nitrogens is 1. The quantitative estimate of drug-likeness (QED) is 0.698. The number of carbonyl (C=O) groups excluding carboxylic acids is 1. The number of amides is 1. The smallest absolute Gasteiger partial charge is 0.226 e. The second kappa shape index (κ2) is 7.43. The fourth-order valence-electron chi connectivity index (χ4n) is 2.42. The van der Waals surface area contributed by atoms with Crippen LogP contribution in [0.1, 0.15) is 12.0 Å². The summed E-state index contributed by atoms with van der Waals surface area (Å²) in [6.45, 7) is 0. The Morgan fingerprint density at radius 1 is 1.19 bits per heavy atom. The molecule has 0 atom stereocenters. The summed E-state index contributed by atoms with van der Waals surface area (Å²) in [7, 11) is -1.66. The van der Waals surface area contributed by atoms with Crippen LogP contribution in [-0.2, 0) is 21.1 Å². The van der Waals surface area contributed by atoms with Gasteiger partial charge >= 0.3 is 0 Å². The minimum atomic E-state index is -3.27. The standard InChI is InChI=1S/C18H18N2O4S2/c1-24-13-6-3-12(4-7-13)5-10-17(21)20-18-19-15-9-8-14(26(2,22)23)11-16(15)25-18/h3-4,6-9,11H,5,10H2,1-2H3,(H,19,20,21). The van der Waals surface area contributed by atoms with Crippen molar-refractivity contribution in [2.75, 3.05) is 18.7 Å². The van der Waals surface area contributed by atoms with Crippen LogP contribution in [0.2, 0.25) is 0 Å². The van der Waals surface area contributed by atoms with Crippen molar-refractivity contribution >= 4 is 42.4 Å². The average molecular weight is 390 g/mol. The predicted octanol–water partition coefficient (Wildman–Crippen LogP) is 3.28. The van der Waals surface area contributed by atoms with Gasteiger partial charge in [-0.2, -0.15) is 0 Å². The summed E-state index contributed by atoms with van der Waals surface area (Å²) < 4.78 is 29.1. The zero-order valence-corrected chi connectivity index (χ0v) is 16.0. The van der Waals surface area contributed by atoms with E-state index in [1.807, 2.05) is 24.3 Å². The van der Waals surface area contributed by atoms with E-state index in [-0.39, 0.29) is 10.8 Å². The van der Waals surface area contributed by atoms with Crippen LogP contribution in [-0.4, -0.2) is 32.7 Å². The van der Waals surface area contributed by atoms with Crippen molar-refractivity contribution in [1.82, 2.24) is 4.98 Å². The number of nitrogens with zero attached hydrogens (tertiary/aromatic N) is 1. The zero-order valence-electron chi connectivity index (χ0n) is 14.4. The number of sulfone groups is 1. The fraction of sp³-hybridized carbons (Fsp3) is 0.222. The van der Waals surface area contributed by atoms with Gasteiger partial charge in [-0.25, -0.2) is 13.4 Å². The second-order valence-corrected chi connectivity index (χ2v) is 8.86. The Bertz CT molecular complexity index is 1040. The number of benzene rings is 2. The van der Waals surface area contributed by atoms with E-state index in [0.29, 0.717) is 23.5 Å². The van der Waals surface area contributed by atoms with Gasteiger partial charge in [-0.3, -0.25) is 4.79 Å². The molecule has 6 nitrogen and oxygen atoms in total. The molecule has 0 fully saturated rings. The van der Waals surface area contributed by atoms with Gasteiger partial charge in [-0.05, 0) is 42.3 Å². The van der Waals surface area contributed by atoms with Crippen molar-refractivity contribution in [1.29, 1.82) is 0 Å². The van der Waals surface area contributed by atoms with Crippen LogP contribution in [0.4, 0.5) is 5.13 Å². The number of carbonyl (C=O) groups is 1. The monoisotopic (exact) mass is 390 g/mol. The molecular weight excluding hydrogens is 372 g/mol. The summed E-state index contributed by atoms with van der Waals surface area (Å²) in [5.74, 6) is 0.643. The first-order valence-electron chi connectivity index (χ1n) is 7.88. The van der Waals surface area contributed by atoms with Crippen molar-refractivity contribution in [3.8, 4) is 5.75 Å². The first kappa shape index (κ1) is 18.3. The van der Waals surface area contributed by atoms with Gasteiger partial charge in [0.15, 0.2) is 15.0 Å². The predicted molar refractivity (Wildman–Crippen MR) is 103 cm³/mol. The van der Waals surface area contributed by atoms with E-state index in [0.717, 1.165) is 22.3 Å². The van der Waals surface area contributed by atoms with E-state index in [9.17, 15) is 13.2 Å². The summed E-state index contributed by atoms with van der Waals surface area (Å²) in [6.07, 6.45) is 2.10. The lowest BCUT2D eigenvalue weighted by Gasteiger charge is -2.03. The largest absolute Gasteiger partial charge is 0.497 e. The van der Waals surface area contributed by atoms with Crippen LogP contribution in [0, 0.1) is 0 Å². The van der Waals surface area contributed by atoms with Crippen molar-refractivity contribution < 1.29 is 17.9 Å². The number of fused-ring (bicyclic) bond motifs is 1. The van der Waals surface area contributed by atoms with Gasteiger partial charge < -0.3 is 10.1 Å². The Hall–Kier alpha value is -2.45. The highest BCUT2D eigenvalue weighted by molar-refractivity contribution is 7.90. The Morgan fingerprint density at radius 2 is 1.92 bits per heavy atom. The Morgan fingerprint density at radius 3 is 2.58 bits per heavy atom. The van der Waals surface area contributed by atoms with Crippen molar-refractivity contribution in [3.05, 3.63) is 48.0 Å². The van der Waals surface area contributed by atoms with E-state index in [1.165, 1.54) is 17.4 Å². The van der Waals surface area contributed by atoms with Crippen LogP contribution in [0.15, 0.2) is 47.4 Å². The molecule has 0 aliphatic rings. The highest BCUT2D eigenvalue weighted by atomic mass is 32.2. The highest BCUT2D eigenvalue weighted by Crippen LogP contribution is 2.28. The third-order valence-corrected chi connectivity index (χ3v) is 5.88. The van der Waals surface area contributed by atoms with Crippen LogP contribution >= 0.6 is 11.3 Å². The minimum Gasteiger partial charge on any atom is -0.497 e. The summed E-state index contributed by atoms with van der Waals surface area (Å²) in [4.78, 5) is 16.7. The fourth-order valence-corrected chi connectivity index (χ4v) is 4.06. The van der Waals surface area contributed by atoms with Gasteiger partial charge in [0.05, 0.1) is 22.2 Å². The van der Waals surface area contributed by atoms with Crippen LogP contribution < -0.4 is 10.1 Å². The third kappa shape index (κ3) is 4.39. The van der Waals surface area contributed by atoms with Crippen LogP contribution in [0.25, 0.3) is 10.2 Å². The molecule has 1 aromatic heterocycles. The van der Waals surface area contributed by atoms with Crippen LogP contribution in [0.3, 0.4) is 0 Å². The molecule has 1 amide bonds. The van der Waals surface area contributed by atoms with Gasteiger partial charge in [0.25, 0.3) is 0 Å². The number of nitrogens with one attached hydrogen (secondary N) is 1. The van der Waals surface area contributed by atoms with Gasteiger partial charge in [0.1, 0.15) is 5.75 Å². The van der Waals surface area contributed by atoms with Crippen molar-refractivity contribution in [2.24, 2.45) is 0 Å². The number of aryl methyl sites for hydroxylation is 1. The molecule has 3 aromatic rings. The SMILES string of the molecule is COc1ccc(CCC(=O)Nc2nc3ccc(S(C)(=O)=O)cc3s2)cc1.